The van der Waals surface area contributed by atoms with E-state index >= 15 is 0 Å². The zero-order valence-electron chi connectivity index (χ0n) is 9.82. The summed E-state index contributed by atoms with van der Waals surface area (Å²) in [7, 11) is 0. The number of nitrogens with zero attached hydrogens (tertiary/aromatic N) is 3. The van der Waals surface area contributed by atoms with Crippen molar-refractivity contribution in [2.24, 2.45) is 10.9 Å². The van der Waals surface area contributed by atoms with Crippen LogP contribution in [-0.2, 0) is 6.61 Å². The summed E-state index contributed by atoms with van der Waals surface area (Å²) in [5.41, 5.74) is 6.89. The molecular weight excluding hydrogens is 312 g/mol. The Hall–Kier alpha value is -2.15. The predicted molar refractivity (Wildman–Crippen MR) is 73.0 cm³/mol. The maximum Gasteiger partial charge on any atom is 0.244 e. The van der Waals surface area contributed by atoms with Gasteiger partial charge in [0.15, 0.2) is 5.84 Å². The molecule has 1 aromatic heterocycles. The van der Waals surface area contributed by atoms with Gasteiger partial charge in [-0.2, -0.15) is 5.10 Å². The van der Waals surface area contributed by atoms with E-state index in [1.165, 1.54) is 6.20 Å². The highest BCUT2D eigenvalue weighted by atomic mass is 79.9. The van der Waals surface area contributed by atoms with E-state index < -0.39 is 0 Å². The molecule has 0 aliphatic carbocycles. The van der Waals surface area contributed by atoms with Crippen molar-refractivity contribution < 1.29 is 9.94 Å². The van der Waals surface area contributed by atoms with Gasteiger partial charge in [-0.1, -0.05) is 33.2 Å². The molecule has 19 heavy (non-hydrogen) atoms. The van der Waals surface area contributed by atoms with Gasteiger partial charge in [-0.25, -0.2) is 0 Å². The van der Waals surface area contributed by atoms with Gasteiger partial charge >= 0.3 is 0 Å². The molecule has 0 aliphatic heterocycles. The van der Waals surface area contributed by atoms with Crippen molar-refractivity contribution in [1.29, 1.82) is 0 Å². The molecule has 1 aromatic carbocycles. The van der Waals surface area contributed by atoms with Crippen LogP contribution in [0.3, 0.4) is 0 Å². The molecule has 2 rings (SSSR count). The zero-order valence-corrected chi connectivity index (χ0v) is 11.4. The van der Waals surface area contributed by atoms with Crippen LogP contribution in [0.25, 0.3) is 0 Å². The van der Waals surface area contributed by atoms with Gasteiger partial charge in [0, 0.05) is 4.47 Å². The van der Waals surface area contributed by atoms with E-state index in [-0.39, 0.29) is 11.7 Å². The number of amidine groups is 1. The molecule has 0 unspecified atom stereocenters. The molecule has 0 radical (unpaired) electrons. The van der Waals surface area contributed by atoms with Crippen LogP contribution in [0.15, 0.2) is 46.2 Å². The first-order valence-electron chi connectivity index (χ1n) is 5.37. The third-order valence-electron chi connectivity index (χ3n) is 2.34. The average molecular weight is 323 g/mol. The maximum absolute atomic E-state index is 8.69. The number of aromatic nitrogens is 2. The summed E-state index contributed by atoms with van der Waals surface area (Å²) in [6, 6.07) is 9.25. The van der Waals surface area contributed by atoms with Crippen molar-refractivity contribution in [3.05, 3.63) is 52.1 Å². The Morgan fingerprint density at radius 1 is 1.42 bits per heavy atom. The van der Waals surface area contributed by atoms with E-state index in [1.807, 2.05) is 24.3 Å². The van der Waals surface area contributed by atoms with Crippen molar-refractivity contribution >= 4 is 21.8 Å². The first-order valence-corrected chi connectivity index (χ1v) is 6.17. The van der Waals surface area contributed by atoms with Crippen LogP contribution in [0.4, 0.5) is 0 Å². The van der Waals surface area contributed by atoms with Crippen LogP contribution >= 0.6 is 15.9 Å². The van der Waals surface area contributed by atoms with Crippen LogP contribution in [0.1, 0.15) is 11.1 Å². The number of hydrogen-bond acceptors (Lipinski definition) is 5. The largest absolute Gasteiger partial charge is 0.471 e. The molecular formula is C12H11BrN4O2. The van der Waals surface area contributed by atoms with Gasteiger partial charge in [-0.05, 0) is 23.8 Å². The van der Waals surface area contributed by atoms with Crippen molar-refractivity contribution in [2.75, 3.05) is 0 Å². The number of ether oxygens (including phenoxy) is 1. The highest BCUT2D eigenvalue weighted by molar-refractivity contribution is 9.10. The minimum absolute atomic E-state index is 0.0702. The molecule has 0 spiro atoms. The predicted octanol–water partition coefficient (Wildman–Crippen LogP) is 1.91. The molecule has 6 nitrogen and oxygen atoms in total. The van der Waals surface area contributed by atoms with Gasteiger partial charge in [0.2, 0.25) is 5.88 Å². The SMILES string of the molecule is N/C(=N/O)c1ccnnc1OCc1cccc(Br)c1. The van der Waals surface area contributed by atoms with Gasteiger partial charge in [-0.3, -0.25) is 0 Å². The Kier molecular flexibility index (Phi) is 4.30. The Balaban J connectivity index is 2.16. The fourth-order valence-corrected chi connectivity index (χ4v) is 1.90. The summed E-state index contributed by atoms with van der Waals surface area (Å²) in [5.74, 6) is 0.150. The van der Waals surface area contributed by atoms with Crippen molar-refractivity contribution in [2.45, 2.75) is 6.61 Å². The Labute approximate surface area is 118 Å². The van der Waals surface area contributed by atoms with E-state index in [4.69, 9.17) is 15.7 Å². The quantitative estimate of drug-likeness (QED) is 0.388. The average Bonchev–Trinajstić information content (AvgIpc) is 2.45. The number of rotatable bonds is 4. The lowest BCUT2D eigenvalue weighted by molar-refractivity contribution is 0.288. The first kappa shape index (κ1) is 13.3. The summed E-state index contributed by atoms with van der Waals surface area (Å²) in [4.78, 5) is 0. The molecule has 0 fully saturated rings. The molecule has 2 aromatic rings. The highest BCUT2D eigenvalue weighted by Gasteiger charge is 2.10. The summed E-state index contributed by atoms with van der Waals surface area (Å²) in [5, 5.41) is 19.2. The molecule has 0 aliphatic rings. The van der Waals surface area contributed by atoms with E-state index in [1.54, 1.807) is 6.07 Å². The second-order valence-electron chi connectivity index (χ2n) is 3.65. The van der Waals surface area contributed by atoms with Gasteiger partial charge in [0.05, 0.1) is 11.8 Å². The van der Waals surface area contributed by atoms with Crippen LogP contribution in [-0.4, -0.2) is 21.2 Å². The van der Waals surface area contributed by atoms with E-state index in [0.717, 1.165) is 10.0 Å². The number of hydrogen-bond donors (Lipinski definition) is 2. The van der Waals surface area contributed by atoms with Gasteiger partial charge in [-0.15, -0.1) is 5.10 Å². The fourth-order valence-electron chi connectivity index (χ4n) is 1.45. The summed E-state index contributed by atoms with van der Waals surface area (Å²) in [6.07, 6.45) is 1.44. The second-order valence-corrected chi connectivity index (χ2v) is 4.57. The minimum Gasteiger partial charge on any atom is -0.471 e. The molecule has 3 N–H and O–H groups in total. The number of nitrogens with two attached hydrogens (primary N) is 1. The summed E-state index contributed by atoms with van der Waals surface area (Å²) in [6.45, 7) is 0.309. The molecule has 0 bridgehead atoms. The van der Waals surface area contributed by atoms with Crippen LogP contribution in [0, 0.1) is 0 Å². The molecule has 0 saturated heterocycles. The number of halogens is 1. The lowest BCUT2D eigenvalue weighted by atomic mass is 10.2. The molecule has 98 valence electrons. The maximum atomic E-state index is 8.69. The summed E-state index contributed by atoms with van der Waals surface area (Å²) < 4.78 is 6.50. The fraction of sp³-hybridized carbons (Fsp3) is 0.0833. The first-order chi connectivity index (χ1) is 9.20. The standard InChI is InChI=1S/C12H11BrN4O2/c13-9-3-1-2-8(6-9)7-19-12-10(11(14)17-18)4-5-15-16-12/h1-6,18H,7H2,(H2,14,17). The van der Waals surface area contributed by atoms with E-state index in [0.29, 0.717) is 12.2 Å². The Morgan fingerprint density at radius 3 is 3.00 bits per heavy atom. The lowest BCUT2D eigenvalue weighted by Gasteiger charge is -2.08. The Morgan fingerprint density at radius 2 is 2.26 bits per heavy atom. The molecule has 0 amide bonds. The number of benzene rings is 1. The number of oxime groups is 1. The second kappa shape index (κ2) is 6.14. The van der Waals surface area contributed by atoms with Crippen molar-refractivity contribution in [3.63, 3.8) is 0 Å². The zero-order chi connectivity index (χ0) is 13.7. The molecule has 7 heteroatoms. The smallest absolute Gasteiger partial charge is 0.244 e. The van der Waals surface area contributed by atoms with Crippen LogP contribution in [0.5, 0.6) is 5.88 Å². The third kappa shape index (κ3) is 3.41. The van der Waals surface area contributed by atoms with Gasteiger partial charge in [0.25, 0.3) is 0 Å². The molecule has 1 heterocycles. The Bertz CT molecular complexity index is 604. The minimum atomic E-state index is -0.0702. The summed E-state index contributed by atoms with van der Waals surface area (Å²) >= 11 is 3.38. The topological polar surface area (TPSA) is 93.6 Å². The lowest BCUT2D eigenvalue weighted by Crippen LogP contribution is -2.16. The van der Waals surface area contributed by atoms with Crippen LogP contribution < -0.4 is 10.5 Å². The van der Waals surface area contributed by atoms with E-state index in [9.17, 15) is 0 Å². The highest BCUT2D eigenvalue weighted by Crippen LogP contribution is 2.16. The van der Waals surface area contributed by atoms with Crippen molar-refractivity contribution in [1.82, 2.24) is 10.2 Å². The van der Waals surface area contributed by atoms with Gasteiger partial charge < -0.3 is 15.7 Å². The monoisotopic (exact) mass is 322 g/mol. The normalized spacial score (nSPS) is 11.3. The molecule has 0 atom stereocenters. The third-order valence-corrected chi connectivity index (χ3v) is 2.83. The van der Waals surface area contributed by atoms with Crippen molar-refractivity contribution in [3.8, 4) is 5.88 Å². The van der Waals surface area contributed by atoms with E-state index in [2.05, 4.69) is 31.3 Å². The van der Waals surface area contributed by atoms with Gasteiger partial charge in [0.1, 0.15) is 6.61 Å². The molecule has 0 saturated carbocycles. The van der Waals surface area contributed by atoms with Crippen LogP contribution in [0.2, 0.25) is 0 Å².